The molecule has 0 saturated carbocycles. The van der Waals surface area contributed by atoms with Gasteiger partial charge in [-0.3, -0.25) is 9.89 Å². The number of nitrogens with one attached hydrogen (secondary N) is 2. The topological polar surface area (TPSA) is 110 Å². The zero-order valence-electron chi connectivity index (χ0n) is 13.8. The van der Waals surface area contributed by atoms with Gasteiger partial charge in [0.25, 0.3) is 5.56 Å². The fraction of sp³-hybridized carbons (Fsp3) is 0.533. The molecule has 8 nitrogen and oxygen atoms in total. The number of aromatic amines is 1. The summed E-state index contributed by atoms with van der Waals surface area (Å²) in [5.41, 5.74) is 2.69. The van der Waals surface area contributed by atoms with E-state index in [0.29, 0.717) is 11.4 Å². The number of fused-ring (bicyclic) bond motifs is 1. The van der Waals surface area contributed by atoms with Crippen LogP contribution in [0.15, 0.2) is 15.8 Å². The van der Waals surface area contributed by atoms with Crippen LogP contribution in [0.25, 0.3) is 0 Å². The first kappa shape index (κ1) is 16.8. The summed E-state index contributed by atoms with van der Waals surface area (Å²) in [5, 5.41) is 10.9. The van der Waals surface area contributed by atoms with Crippen LogP contribution in [0.1, 0.15) is 35.5 Å². The molecule has 1 aliphatic rings. The average molecular weight is 351 g/mol. The van der Waals surface area contributed by atoms with Crippen molar-refractivity contribution in [2.24, 2.45) is 0 Å². The molecule has 9 heteroatoms. The minimum atomic E-state index is -3.67. The molecule has 0 amide bonds. The van der Waals surface area contributed by atoms with E-state index in [4.69, 9.17) is 0 Å². The lowest BCUT2D eigenvalue weighted by atomic mass is 9.97. The van der Waals surface area contributed by atoms with Gasteiger partial charge < -0.3 is 0 Å². The molecule has 0 spiro atoms. The number of H-pyrrole nitrogens is 1. The molecule has 2 aromatic heterocycles. The Kier molecular flexibility index (Phi) is 4.55. The van der Waals surface area contributed by atoms with Gasteiger partial charge in [-0.2, -0.15) is 10.2 Å². The van der Waals surface area contributed by atoms with Crippen molar-refractivity contribution in [3.8, 4) is 0 Å². The van der Waals surface area contributed by atoms with Crippen LogP contribution in [0.2, 0.25) is 0 Å². The molecule has 2 aromatic rings. The summed E-state index contributed by atoms with van der Waals surface area (Å²) in [6.07, 6.45) is 3.92. The largest absolute Gasteiger partial charge is 0.281 e. The molecule has 3 rings (SSSR count). The van der Waals surface area contributed by atoms with Crippen molar-refractivity contribution in [3.05, 3.63) is 39.1 Å². The molecule has 0 saturated heterocycles. The second-order valence-corrected chi connectivity index (χ2v) is 7.75. The molecule has 0 bridgehead atoms. The van der Waals surface area contributed by atoms with Crippen LogP contribution >= 0.6 is 0 Å². The van der Waals surface area contributed by atoms with Crippen molar-refractivity contribution >= 4 is 10.0 Å². The molecule has 130 valence electrons. The zero-order chi connectivity index (χ0) is 17.3. The lowest BCUT2D eigenvalue weighted by Gasteiger charge is -2.16. The number of hydrogen-bond acceptors (Lipinski definition) is 5. The molecule has 0 aliphatic heterocycles. The molecule has 0 unspecified atom stereocenters. The predicted molar refractivity (Wildman–Crippen MR) is 88.4 cm³/mol. The minimum absolute atomic E-state index is 0.0953. The van der Waals surface area contributed by atoms with Crippen molar-refractivity contribution in [1.29, 1.82) is 0 Å². The van der Waals surface area contributed by atoms with Gasteiger partial charge in [0.05, 0.1) is 23.6 Å². The van der Waals surface area contributed by atoms with Gasteiger partial charge >= 0.3 is 0 Å². The third kappa shape index (κ3) is 3.27. The summed E-state index contributed by atoms with van der Waals surface area (Å²) in [6, 6.07) is 1.63. The number of hydrogen-bond donors (Lipinski definition) is 2. The van der Waals surface area contributed by atoms with E-state index in [2.05, 4.69) is 20.0 Å². The Bertz CT molecular complexity index is 894. The maximum absolute atomic E-state index is 12.4. The Balaban J connectivity index is 1.72. The van der Waals surface area contributed by atoms with Crippen LogP contribution in [0.5, 0.6) is 0 Å². The SMILES string of the molecule is Cc1n[nH]c(C)c1S(=O)(=O)NCCn1nc2c(cc1=O)CCCC2. The molecule has 2 heterocycles. The van der Waals surface area contributed by atoms with Crippen molar-refractivity contribution in [1.82, 2.24) is 24.7 Å². The lowest BCUT2D eigenvalue weighted by molar-refractivity contribution is 0.526. The van der Waals surface area contributed by atoms with Crippen molar-refractivity contribution in [2.75, 3.05) is 6.54 Å². The first-order chi connectivity index (χ1) is 11.4. The van der Waals surface area contributed by atoms with Gasteiger partial charge in [0.15, 0.2) is 0 Å². The zero-order valence-corrected chi connectivity index (χ0v) is 14.6. The van der Waals surface area contributed by atoms with E-state index in [1.54, 1.807) is 19.9 Å². The van der Waals surface area contributed by atoms with Crippen LogP contribution < -0.4 is 10.3 Å². The van der Waals surface area contributed by atoms with Crippen LogP contribution in [-0.4, -0.2) is 34.9 Å². The summed E-state index contributed by atoms with van der Waals surface area (Å²) in [5.74, 6) is 0. The summed E-state index contributed by atoms with van der Waals surface area (Å²) in [7, 11) is -3.67. The minimum Gasteiger partial charge on any atom is -0.281 e. The van der Waals surface area contributed by atoms with Gasteiger partial charge in [0.2, 0.25) is 10.0 Å². The first-order valence-electron chi connectivity index (χ1n) is 7.99. The summed E-state index contributed by atoms with van der Waals surface area (Å²) in [6.45, 7) is 3.58. The van der Waals surface area contributed by atoms with Gasteiger partial charge in [0.1, 0.15) is 4.90 Å². The van der Waals surface area contributed by atoms with E-state index in [1.165, 1.54) is 4.68 Å². The Hall–Kier alpha value is -2.00. The second kappa shape index (κ2) is 6.48. The van der Waals surface area contributed by atoms with E-state index in [0.717, 1.165) is 36.9 Å². The highest BCUT2D eigenvalue weighted by Crippen LogP contribution is 2.17. The third-order valence-corrected chi connectivity index (χ3v) is 5.94. The van der Waals surface area contributed by atoms with Gasteiger partial charge in [-0.15, -0.1) is 0 Å². The molecule has 0 aromatic carbocycles. The Morgan fingerprint density at radius 2 is 2.04 bits per heavy atom. The van der Waals surface area contributed by atoms with Crippen molar-refractivity contribution in [2.45, 2.75) is 51.0 Å². The van der Waals surface area contributed by atoms with Crippen LogP contribution in [-0.2, 0) is 29.4 Å². The van der Waals surface area contributed by atoms with Crippen molar-refractivity contribution < 1.29 is 8.42 Å². The average Bonchev–Trinajstić information content (AvgIpc) is 2.87. The van der Waals surface area contributed by atoms with Gasteiger partial charge in [0, 0.05) is 12.6 Å². The van der Waals surface area contributed by atoms with E-state index in [1.807, 2.05) is 0 Å². The first-order valence-corrected chi connectivity index (χ1v) is 9.48. The van der Waals surface area contributed by atoms with E-state index >= 15 is 0 Å². The third-order valence-electron chi connectivity index (χ3n) is 4.22. The predicted octanol–water partition coefficient (Wildman–Crippen LogP) is 0.441. The van der Waals surface area contributed by atoms with E-state index in [-0.39, 0.29) is 23.5 Å². The smallest absolute Gasteiger partial charge is 0.267 e. The maximum atomic E-state index is 12.4. The Morgan fingerprint density at radius 1 is 1.29 bits per heavy atom. The highest BCUT2D eigenvalue weighted by molar-refractivity contribution is 7.89. The molecule has 1 aliphatic carbocycles. The monoisotopic (exact) mass is 351 g/mol. The fourth-order valence-corrected chi connectivity index (χ4v) is 4.44. The molecule has 0 atom stereocenters. The van der Waals surface area contributed by atoms with Crippen LogP contribution in [0.3, 0.4) is 0 Å². The van der Waals surface area contributed by atoms with E-state index < -0.39 is 10.0 Å². The maximum Gasteiger partial charge on any atom is 0.267 e. The molecule has 2 N–H and O–H groups in total. The van der Waals surface area contributed by atoms with Gasteiger partial charge in [-0.05, 0) is 45.1 Å². The highest BCUT2D eigenvalue weighted by atomic mass is 32.2. The quantitative estimate of drug-likeness (QED) is 0.812. The van der Waals surface area contributed by atoms with Gasteiger partial charge in [-0.25, -0.2) is 17.8 Å². The number of aromatic nitrogens is 4. The molecular weight excluding hydrogens is 330 g/mol. The summed E-state index contributed by atoms with van der Waals surface area (Å²) in [4.78, 5) is 12.3. The summed E-state index contributed by atoms with van der Waals surface area (Å²) < 4.78 is 28.6. The summed E-state index contributed by atoms with van der Waals surface area (Å²) >= 11 is 0. The number of sulfonamides is 1. The molecule has 24 heavy (non-hydrogen) atoms. The van der Waals surface area contributed by atoms with Crippen molar-refractivity contribution in [3.63, 3.8) is 0 Å². The normalized spacial score (nSPS) is 14.6. The number of nitrogens with zero attached hydrogens (tertiary/aromatic N) is 3. The number of rotatable bonds is 5. The Morgan fingerprint density at radius 3 is 2.75 bits per heavy atom. The van der Waals surface area contributed by atoms with Gasteiger partial charge in [-0.1, -0.05) is 0 Å². The standard InChI is InChI=1S/C15H21N5O3S/c1-10-15(11(2)18-17-10)24(22,23)16-7-8-20-14(21)9-12-5-3-4-6-13(12)19-20/h9,16H,3-8H2,1-2H3,(H,17,18). The highest BCUT2D eigenvalue weighted by Gasteiger charge is 2.22. The number of aryl methyl sites for hydroxylation is 4. The van der Waals surface area contributed by atoms with E-state index in [9.17, 15) is 13.2 Å². The van der Waals surface area contributed by atoms with Crippen LogP contribution in [0.4, 0.5) is 0 Å². The van der Waals surface area contributed by atoms with Crippen LogP contribution in [0, 0.1) is 13.8 Å². The molecule has 0 fully saturated rings. The molecule has 0 radical (unpaired) electrons. The fourth-order valence-electron chi connectivity index (χ4n) is 3.06. The molecular formula is C15H21N5O3S. The Labute approximate surface area is 140 Å². The second-order valence-electron chi connectivity index (χ2n) is 6.05. The lowest BCUT2D eigenvalue weighted by Crippen LogP contribution is -2.33.